The average Bonchev–Trinajstić information content (AvgIpc) is 3.21. The van der Waals surface area contributed by atoms with Crippen molar-refractivity contribution in [2.75, 3.05) is 31.6 Å². The van der Waals surface area contributed by atoms with Crippen molar-refractivity contribution < 1.29 is 9.53 Å². The van der Waals surface area contributed by atoms with Crippen LogP contribution in [0.3, 0.4) is 0 Å². The number of likely N-dealkylation sites (tertiary alicyclic amines) is 1. The zero-order valence-corrected chi connectivity index (χ0v) is 15.1. The second-order valence-corrected chi connectivity index (χ2v) is 6.54. The van der Waals surface area contributed by atoms with Gasteiger partial charge in [0.2, 0.25) is 0 Å². The van der Waals surface area contributed by atoms with Gasteiger partial charge in [0.25, 0.3) is 5.91 Å². The summed E-state index contributed by atoms with van der Waals surface area (Å²) in [5.41, 5.74) is 1.95. The van der Waals surface area contributed by atoms with E-state index in [0.29, 0.717) is 35.1 Å². The van der Waals surface area contributed by atoms with Crippen molar-refractivity contribution in [2.45, 2.75) is 12.8 Å². The van der Waals surface area contributed by atoms with Gasteiger partial charge in [-0.15, -0.1) is 0 Å². The van der Waals surface area contributed by atoms with Crippen molar-refractivity contribution >= 4 is 23.2 Å². The second-order valence-electron chi connectivity index (χ2n) is 6.10. The summed E-state index contributed by atoms with van der Waals surface area (Å²) < 4.78 is 5.66. The molecule has 5 nitrogen and oxygen atoms in total. The van der Waals surface area contributed by atoms with Crippen LogP contribution in [0.15, 0.2) is 42.5 Å². The van der Waals surface area contributed by atoms with Gasteiger partial charge in [0.15, 0.2) is 0 Å². The van der Waals surface area contributed by atoms with Crippen LogP contribution in [0.5, 0.6) is 5.75 Å². The maximum Gasteiger partial charge on any atom is 0.256 e. The lowest BCUT2D eigenvalue weighted by atomic mass is 10.1. The van der Waals surface area contributed by atoms with E-state index < -0.39 is 0 Å². The van der Waals surface area contributed by atoms with Gasteiger partial charge in [-0.25, -0.2) is 0 Å². The monoisotopic (exact) mass is 369 g/mol. The molecule has 1 aliphatic rings. The molecule has 1 aliphatic heterocycles. The smallest absolute Gasteiger partial charge is 0.256 e. The van der Waals surface area contributed by atoms with Crippen molar-refractivity contribution in [1.82, 2.24) is 4.90 Å². The molecule has 0 radical (unpaired) electrons. The minimum atomic E-state index is 0.0144. The van der Waals surface area contributed by atoms with Crippen molar-refractivity contribution in [3.8, 4) is 11.8 Å². The van der Waals surface area contributed by atoms with Gasteiger partial charge >= 0.3 is 0 Å². The standard InChI is InChI=1S/C20H20ClN3O2/c21-16-5-8-19(18(13-16)20(25)24-10-1-2-11-24)23-9-12-26-17-6-3-15(14-22)4-7-17/h3-8,13,23H,1-2,9-12H2. The summed E-state index contributed by atoms with van der Waals surface area (Å²) in [6.07, 6.45) is 2.10. The van der Waals surface area contributed by atoms with Crippen molar-refractivity contribution in [3.05, 3.63) is 58.6 Å². The highest BCUT2D eigenvalue weighted by Crippen LogP contribution is 2.24. The lowest BCUT2D eigenvalue weighted by molar-refractivity contribution is 0.0793. The summed E-state index contributed by atoms with van der Waals surface area (Å²) in [6.45, 7) is 2.58. The number of halogens is 1. The van der Waals surface area contributed by atoms with Gasteiger partial charge in [-0.3, -0.25) is 4.79 Å². The topological polar surface area (TPSA) is 65.4 Å². The lowest BCUT2D eigenvalue weighted by Gasteiger charge is -2.18. The van der Waals surface area contributed by atoms with E-state index in [0.717, 1.165) is 31.6 Å². The molecule has 0 unspecified atom stereocenters. The van der Waals surface area contributed by atoms with Gasteiger partial charge in [-0.05, 0) is 55.3 Å². The molecule has 1 heterocycles. The van der Waals surface area contributed by atoms with Gasteiger partial charge in [-0.1, -0.05) is 11.6 Å². The fraction of sp³-hybridized carbons (Fsp3) is 0.300. The van der Waals surface area contributed by atoms with Crippen LogP contribution in [-0.4, -0.2) is 37.0 Å². The third-order valence-electron chi connectivity index (χ3n) is 4.27. The van der Waals surface area contributed by atoms with E-state index in [1.165, 1.54) is 0 Å². The number of amides is 1. The Labute approximate surface area is 158 Å². The summed E-state index contributed by atoms with van der Waals surface area (Å²) in [5, 5.41) is 12.6. The molecule has 0 atom stereocenters. The number of rotatable bonds is 6. The molecule has 0 spiro atoms. The fourth-order valence-electron chi connectivity index (χ4n) is 2.92. The largest absolute Gasteiger partial charge is 0.492 e. The molecular formula is C20H20ClN3O2. The predicted octanol–water partition coefficient (Wildman–Crippen LogP) is 3.94. The molecule has 134 valence electrons. The van der Waals surface area contributed by atoms with Crippen LogP contribution in [-0.2, 0) is 0 Å². The van der Waals surface area contributed by atoms with E-state index >= 15 is 0 Å². The molecule has 1 saturated heterocycles. The minimum absolute atomic E-state index is 0.0144. The summed E-state index contributed by atoms with van der Waals surface area (Å²) >= 11 is 6.09. The number of carbonyl (C=O) groups excluding carboxylic acids is 1. The maximum atomic E-state index is 12.7. The number of ether oxygens (including phenoxy) is 1. The van der Waals surface area contributed by atoms with E-state index in [1.54, 1.807) is 36.4 Å². The van der Waals surface area contributed by atoms with Crippen LogP contribution >= 0.6 is 11.6 Å². The third-order valence-corrected chi connectivity index (χ3v) is 4.51. The lowest BCUT2D eigenvalue weighted by Crippen LogP contribution is -2.28. The van der Waals surface area contributed by atoms with Crippen molar-refractivity contribution in [2.24, 2.45) is 0 Å². The Hall–Kier alpha value is -2.71. The van der Waals surface area contributed by atoms with Crippen LogP contribution in [0, 0.1) is 11.3 Å². The Balaban J connectivity index is 1.58. The van der Waals surface area contributed by atoms with Gasteiger partial charge in [0, 0.05) is 30.3 Å². The molecule has 0 aliphatic carbocycles. The molecule has 6 heteroatoms. The Morgan fingerprint density at radius 3 is 2.62 bits per heavy atom. The van der Waals surface area contributed by atoms with Gasteiger partial charge < -0.3 is 15.0 Å². The van der Waals surface area contributed by atoms with Crippen molar-refractivity contribution in [3.63, 3.8) is 0 Å². The number of carbonyl (C=O) groups is 1. The van der Waals surface area contributed by atoms with Crippen LogP contribution in [0.25, 0.3) is 0 Å². The first-order valence-electron chi connectivity index (χ1n) is 8.63. The SMILES string of the molecule is N#Cc1ccc(OCCNc2ccc(Cl)cc2C(=O)N2CCCC2)cc1. The number of nitrogens with zero attached hydrogens (tertiary/aromatic N) is 2. The molecule has 1 amide bonds. The number of nitriles is 1. The number of nitrogens with one attached hydrogen (secondary N) is 1. The molecule has 2 aromatic rings. The first kappa shape index (κ1) is 18.1. The summed E-state index contributed by atoms with van der Waals surface area (Å²) in [6, 6.07) is 14.4. The normalized spacial score (nSPS) is 13.3. The number of hydrogen-bond donors (Lipinski definition) is 1. The first-order chi connectivity index (χ1) is 12.7. The molecule has 0 bridgehead atoms. The molecule has 2 aromatic carbocycles. The van der Waals surface area contributed by atoms with E-state index in [1.807, 2.05) is 11.0 Å². The summed E-state index contributed by atoms with van der Waals surface area (Å²) in [7, 11) is 0. The fourth-order valence-corrected chi connectivity index (χ4v) is 3.09. The van der Waals surface area contributed by atoms with E-state index in [9.17, 15) is 4.79 Å². The van der Waals surface area contributed by atoms with Crippen LogP contribution in [0.2, 0.25) is 5.02 Å². The summed E-state index contributed by atoms with van der Waals surface area (Å²) in [5.74, 6) is 0.718. The minimum Gasteiger partial charge on any atom is -0.492 e. The molecule has 0 saturated carbocycles. The van der Waals surface area contributed by atoms with E-state index in [-0.39, 0.29) is 5.91 Å². The quantitative estimate of drug-likeness (QED) is 0.783. The Bertz CT molecular complexity index is 809. The van der Waals surface area contributed by atoms with Gasteiger partial charge in [-0.2, -0.15) is 5.26 Å². The van der Waals surface area contributed by atoms with Gasteiger partial charge in [0.05, 0.1) is 17.2 Å². The van der Waals surface area contributed by atoms with Crippen LogP contribution < -0.4 is 10.1 Å². The van der Waals surface area contributed by atoms with Crippen LogP contribution in [0.1, 0.15) is 28.8 Å². The van der Waals surface area contributed by atoms with Crippen LogP contribution in [0.4, 0.5) is 5.69 Å². The average molecular weight is 370 g/mol. The Morgan fingerprint density at radius 2 is 1.92 bits per heavy atom. The zero-order valence-electron chi connectivity index (χ0n) is 14.4. The van der Waals surface area contributed by atoms with Crippen molar-refractivity contribution in [1.29, 1.82) is 5.26 Å². The summed E-state index contributed by atoms with van der Waals surface area (Å²) in [4.78, 5) is 14.6. The highest BCUT2D eigenvalue weighted by atomic mass is 35.5. The number of anilines is 1. The number of hydrogen-bond acceptors (Lipinski definition) is 4. The Morgan fingerprint density at radius 1 is 1.19 bits per heavy atom. The zero-order chi connectivity index (χ0) is 18.4. The van der Waals surface area contributed by atoms with E-state index in [4.69, 9.17) is 21.6 Å². The highest BCUT2D eigenvalue weighted by Gasteiger charge is 2.22. The first-order valence-corrected chi connectivity index (χ1v) is 9.01. The second kappa shape index (κ2) is 8.59. The Kier molecular flexibility index (Phi) is 5.98. The predicted molar refractivity (Wildman–Crippen MR) is 102 cm³/mol. The third kappa shape index (κ3) is 4.47. The highest BCUT2D eigenvalue weighted by molar-refractivity contribution is 6.31. The molecule has 1 fully saturated rings. The molecule has 3 rings (SSSR count). The molecule has 26 heavy (non-hydrogen) atoms. The van der Waals surface area contributed by atoms with E-state index in [2.05, 4.69) is 11.4 Å². The molecular weight excluding hydrogens is 350 g/mol. The maximum absolute atomic E-state index is 12.7. The molecule has 1 N–H and O–H groups in total. The van der Waals surface area contributed by atoms with Gasteiger partial charge in [0.1, 0.15) is 12.4 Å². The molecule has 0 aromatic heterocycles. The number of benzene rings is 2.